The number of carbonyl (C=O) groups excluding carboxylic acids is 1. The van der Waals surface area contributed by atoms with Crippen LogP contribution in [-0.4, -0.2) is 17.1 Å². The highest BCUT2D eigenvalue weighted by atomic mass is 32.1. The van der Waals surface area contributed by atoms with Gasteiger partial charge in [0.2, 0.25) is 0 Å². The van der Waals surface area contributed by atoms with Gasteiger partial charge in [0.25, 0.3) is 5.91 Å². The van der Waals surface area contributed by atoms with Crippen LogP contribution in [0.4, 0.5) is 5.82 Å². The van der Waals surface area contributed by atoms with Gasteiger partial charge in [-0.2, -0.15) is 0 Å². The first-order valence-corrected chi connectivity index (χ1v) is 9.62. The molecule has 0 spiro atoms. The molecular formula is C20H17N3O2S2. The minimum atomic E-state index is -0.350. The molecule has 7 heteroatoms. The zero-order chi connectivity index (χ0) is 18.8. The summed E-state index contributed by atoms with van der Waals surface area (Å²) >= 11 is 6.81. The molecule has 4 rings (SSSR count). The van der Waals surface area contributed by atoms with Crippen molar-refractivity contribution >= 4 is 35.3 Å². The number of amides is 1. The standard InChI is InChI=1S/C20H17N3O2S2/c1-2-12-25-15-10-8-13(9-11-15)17-21-18-16(19(24)22-17)27-20(26)23(18)14-6-4-3-5-7-14/h2-11,17,21H,1,12H2,(H,22,24)/t17-/m0/s1. The quantitative estimate of drug-likeness (QED) is 0.486. The van der Waals surface area contributed by atoms with E-state index in [1.165, 1.54) is 11.3 Å². The summed E-state index contributed by atoms with van der Waals surface area (Å²) in [6.07, 6.45) is 1.35. The number of hydrogen-bond donors (Lipinski definition) is 2. The molecule has 0 saturated heterocycles. The molecule has 0 unspecified atom stereocenters. The number of fused-ring (bicyclic) bond motifs is 1. The number of rotatable bonds is 5. The minimum absolute atomic E-state index is 0.133. The van der Waals surface area contributed by atoms with Crippen LogP contribution in [0.25, 0.3) is 5.69 Å². The average molecular weight is 396 g/mol. The number of ether oxygens (including phenoxy) is 1. The van der Waals surface area contributed by atoms with Crippen LogP contribution in [0.2, 0.25) is 0 Å². The van der Waals surface area contributed by atoms with Crippen molar-refractivity contribution in [1.82, 2.24) is 9.88 Å². The van der Waals surface area contributed by atoms with Crippen LogP contribution < -0.4 is 15.4 Å². The minimum Gasteiger partial charge on any atom is -0.490 e. The van der Waals surface area contributed by atoms with E-state index in [2.05, 4.69) is 17.2 Å². The molecule has 0 fully saturated rings. The van der Waals surface area contributed by atoms with E-state index in [4.69, 9.17) is 17.0 Å². The first-order chi connectivity index (χ1) is 13.2. The summed E-state index contributed by atoms with van der Waals surface area (Å²) in [6.45, 7) is 4.09. The summed E-state index contributed by atoms with van der Waals surface area (Å²) in [5, 5.41) is 6.40. The molecule has 1 atom stereocenters. The van der Waals surface area contributed by atoms with Crippen molar-refractivity contribution in [2.45, 2.75) is 6.17 Å². The highest BCUT2D eigenvalue weighted by Crippen LogP contribution is 2.34. The normalized spacial score (nSPS) is 15.4. The lowest BCUT2D eigenvalue weighted by Gasteiger charge is -2.27. The van der Waals surface area contributed by atoms with Crippen LogP contribution in [0, 0.1) is 3.95 Å². The van der Waals surface area contributed by atoms with Crippen molar-refractivity contribution in [3.8, 4) is 11.4 Å². The third-order valence-electron chi connectivity index (χ3n) is 4.17. The molecule has 1 amide bonds. The molecule has 27 heavy (non-hydrogen) atoms. The molecule has 136 valence electrons. The highest BCUT2D eigenvalue weighted by Gasteiger charge is 2.29. The number of nitrogens with zero attached hydrogens (tertiary/aromatic N) is 1. The molecule has 2 N–H and O–H groups in total. The third kappa shape index (κ3) is 3.39. The fourth-order valence-corrected chi connectivity index (χ4v) is 4.23. The first kappa shape index (κ1) is 17.5. The molecule has 0 saturated carbocycles. The van der Waals surface area contributed by atoms with Gasteiger partial charge in [-0.3, -0.25) is 9.36 Å². The fraction of sp³-hybridized carbons (Fsp3) is 0.100. The van der Waals surface area contributed by atoms with E-state index in [0.717, 1.165) is 22.8 Å². The molecule has 0 aliphatic carbocycles. The van der Waals surface area contributed by atoms with Gasteiger partial charge in [-0.25, -0.2) is 0 Å². The van der Waals surface area contributed by atoms with Crippen LogP contribution in [-0.2, 0) is 0 Å². The predicted octanol–water partition coefficient (Wildman–Crippen LogP) is 4.69. The molecule has 1 aliphatic heterocycles. The summed E-state index contributed by atoms with van der Waals surface area (Å²) in [5.74, 6) is 1.34. The Labute approximate surface area is 165 Å². The molecule has 2 aromatic carbocycles. The molecule has 3 aromatic rings. The molecule has 0 radical (unpaired) electrons. The zero-order valence-electron chi connectivity index (χ0n) is 14.3. The number of carbonyl (C=O) groups is 1. The highest BCUT2D eigenvalue weighted by molar-refractivity contribution is 7.73. The maximum absolute atomic E-state index is 12.6. The predicted molar refractivity (Wildman–Crippen MR) is 110 cm³/mol. The van der Waals surface area contributed by atoms with Crippen molar-refractivity contribution in [1.29, 1.82) is 0 Å². The van der Waals surface area contributed by atoms with Crippen molar-refractivity contribution in [2.24, 2.45) is 0 Å². The Balaban J connectivity index is 1.67. The molecule has 2 heterocycles. The summed E-state index contributed by atoms with van der Waals surface area (Å²) in [4.78, 5) is 13.2. The fourth-order valence-electron chi connectivity index (χ4n) is 2.92. The summed E-state index contributed by atoms with van der Waals surface area (Å²) in [5.41, 5.74) is 1.85. The second-order valence-electron chi connectivity index (χ2n) is 5.94. The monoisotopic (exact) mass is 395 g/mol. The second-order valence-corrected chi connectivity index (χ2v) is 7.58. The number of anilines is 1. The summed E-state index contributed by atoms with van der Waals surface area (Å²) < 4.78 is 8.05. The van der Waals surface area contributed by atoms with E-state index < -0.39 is 0 Å². The second kappa shape index (κ2) is 7.38. The Morgan fingerprint density at radius 2 is 1.89 bits per heavy atom. The SMILES string of the molecule is C=CCOc1ccc([C@@H]2NC(=O)c3sc(=S)n(-c4ccccc4)c3N2)cc1. The van der Waals surface area contributed by atoms with Crippen LogP contribution in [0.1, 0.15) is 21.4 Å². The first-order valence-electron chi connectivity index (χ1n) is 8.39. The van der Waals surface area contributed by atoms with E-state index in [1.807, 2.05) is 59.2 Å². The van der Waals surface area contributed by atoms with Crippen molar-refractivity contribution in [3.05, 3.63) is 81.6 Å². The topological polar surface area (TPSA) is 55.3 Å². The smallest absolute Gasteiger partial charge is 0.267 e. The van der Waals surface area contributed by atoms with Crippen molar-refractivity contribution in [3.63, 3.8) is 0 Å². The number of hydrogen-bond acceptors (Lipinski definition) is 5. The van der Waals surface area contributed by atoms with E-state index in [9.17, 15) is 4.79 Å². The number of nitrogens with one attached hydrogen (secondary N) is 2. The van der Waals surface area contributed by atoms with Crippen LogP contribution in [0.15, 0.2) is 67.3 Å². The molecular weight excluding hydrogens is 378 g/mol. The number of benzene rings is 2. The van der Waals surface area contributed by atoms with Gasteiger partial charge in [-0.15, -0.1) is 0 Å². The Morgan fingerprint density at radius 3 is 2.59 bits per heavy atom. The van der Waals surface area contributed by atoms with E-state index >= 15 is 0 Å². The van der Waals surface area contributed by atoms with Gasteiger partial charge in [0.15, 0.2) is 3.95 Å². The zero-order valence-corrected chi connectivity index (χ0v) is 16.0. The van der Waals surface area contributed by atoms with Crippen molar-refractivity contribution in [2.75, 3.05) is 11.9 Å². The number of para-hydroxylation sites is 1. The molecule has 5 nitrogen and oxygen atoms in total. The lowest BCUT2D eigenvalue weighted by Crippen LogP contribution is -2.38. The van der Waals surface area contributed by atoms with E-state index in [1.54, 1.807) is 6.08 Å². The van der Waals surface area contributed by atoms with E-state index in [-0.39, 0.29) is 12.1 Å². The Kier molecular flexibility index (Phi) is 4.79. The lowest BCUT2D eigenvalue weighted by molar-refractivity contribution is 0.0939. The lowest BCUT2D eigenvalue weighted by atomic mass is 10.1. The van der Waals surface area contributed by atoms with Gasteiger partial charge in [0.1, 0.15) is 29.2 Å². The maximum atomic E-state index is 12.6. The average Bonchev–Trinajstić information content (AvgIpc) is 3.04. The van der Waals surface area contributed by atoms with Crippen molar-refractivity contribution < 1.29 is 9.53 Å². The van der Waals surface area contributed by atoms with Crippen LogP contribution >= 0.6 is 23.6 Å². The summed E-state index contributed by atoms with van der Waals surface area (Å²) in [7, 11) is 0. The maximum Gasteiger partial charge on any atom is 0.267 e. The Morgan fingerprint density at radius 1 is 1.15 bits per heavy atom. The third-order valence-corrected chi connectivity index (χ3v) is 5.54. The number of aromatic nitrogens is 1. The summed E-state index contributed by atoms with van der Waals surface area (Å²) in [6, 6.07) is 17.4. The Hall–Kier alpha value is -2.90. The molecule has 1 aliphatic rings. The van der Waals surface area contributed by atoms with Gasteiger partial charge in [-0.1, -0.05) is 54.3 Å². The molecule has 1 aromatic heterocycles. The van der Waals surface area contributed by atoms with Crippen LogP contribution in [0.5, 0.6) is 5.75 Å². The van der Waals surface area contributed by atoms with Gasteiger partial charge < -0.3 is 15.4 Å². The van der Waals surface area contributed by atoms with E-state index in [0.29, 0.717) is 15.4 Å². The largest absolute Gasteiger partial charge is 0.490 e. The van der Waals surface area contributed by atoms with Gasteiger partial charge in [-0.05, 0) is 42.0 Å². The Bertz CT molecular complexity index is 1040. The van der Waals surface area contributed by atoms with Gasteiger partial charge >= 0.3 is 0 Å². The van der Waals surface area contributed by atoms with Crippen LogP contribution in [0.3, 0.4) is 0 Å². The molecule has 0 bridgehead atoms. The van der Waals surface area contributed by atoms with Gasteiger partial charge in [0.05, 0.1) is 0 Å². The number of thiazole rings is 1. The van der Waals surface area contributed by atoms with Gasteiger partial charge in [0, 0.05) is 5.69 Å².